The molecule has 0 bridgehead atoms. The summed E-state index contributed by atoms with van der Waals surface area (Å²) in [4.78, 5) is 39.5. The van der Waals surface area contributed by atoms with Gasteiger partial charge in [0.05, 0.1) is 0 Å². The lowest BCUT2D eigenvalue weighted by Gasteiger charge is -2.25. The average Bonchev–Trinajstić information content (AvgIpc) is 2.97. The third-order valence-electron chi connectivity index (χ3n) is 5.86. The highest BCUT2D eigenvalue weighted by molar-refractivity contribution is 6.30. The van der Waals surface area contributed by atoms with E-state index < -0.39 is 23.6 Å². The van der Waals surface area contributed by atoms with Gasteiger partial charge >= 0.3 is 6.09 Å². The van der Waals surface area contributed by atoms with Gasteiger partial charge in [-0.15, -0.1) is 0 Å². The second-order valence-corrected chi connectivity index (χ2v) is 8.23. The topological polar surface area (TPSA) is 99.2 Å². The molecule has 1 aliphatic carbocycles. The highest BCUT2D eigenvalue weighted by Crippen LogP contribution is 2.50. The number of aliphatic hydroxyl groups is 1. The van der Waals surface area contributed by atoms with E-state index in [0.717, 1.165) is 6.07 Å². The molecule has 3 amide bonds. The molecule has 1 unspecified atom stereocenters. The van der Waals surface area contributed by atoms with E-state index in [1.165, 1.54) is 19.1 Å². The van der Waals surface area contributed by atoms with Gasteiger partial charge in [-0.2, -0.15) is 0 Å². The second kappa shape index (κ2) is 7.14. The zero-order valence-corrected chi connectivity index (χ0v) is 16.5. The normalized spacial score (nSPS) is 30.3. The van der Waals surface area contributed by atoms with Crippen LogP contribution in [-0.2, 0) is 20.9 Å². The molecule has 4 rings (SSSR count). The number of piperidine rings is 1. The summed E-state index contributed by atoms with van der Waals surface area (Å²) in [6, 6.07) is 3.80. The Balaban J connectivity index is 1.31. The van der Waals surface area contributed by atoms with E-state index in [1.54, 1.807) is 9.80 Å². The molecule has 1 aromatic rings. The molecule has 29 heavy (non-hydrogen) atoms. The molecule has 0 radical (unpaired) electrons. The fraction of sp³-hybridized carbons (Fsp3) is 0.526. The molecule has 2 aliphatic heterocycles. The van der Waals surface area contributed by atoms with Crippen LogP contribution in [-0.4, -0.2) is 64.3 Å². The Labute approximate surface area is 171 Å². The van der Waals surface area contributed by atoms with Crippen LogP contribution >= 0.6 is 11.6 Å². The maximum Gasteiger partial charge on any atom is 0.410 e. The van der Waals surface area contributed by atoms with Crippen molar-refractivity contribution in [2.75, 3.05) is 19.6 Å². The predicted octanol–water partition coefficient (Wildman–Crippen LogP) is 1.10. The largest absolute Gasteiger partial charge is 0.410 e. The molecule has 0 spiro atoms. The molecule has 2 heterocycles. The van der Waals surface area contributed by atoms with Gasteiger partial charge in [0.15, 0.2) is 0 Å². The van der Waals surface area contributed by atoms with Crippen LogP contribution in [0.4, 0.5) is 9.18 Å². The minimum absolute atomic E-state index is 0.0137. The number of carbonyl (C=O) groups excluding carboxylic acids is 3. The van der Waals surface area contributed by atoms with E-state index in [1.807, 2.05) is 0 Å². The highest BCUT2D eigenvalue weighted by atomic mass is 35.5. The molecule has 156 valence electrons. The van der Waals surface area contributed by atoms with Gasteiger partial charge < -0.3 is 25.0 Å². The number of likely N-dealkylation sites (tertiary alicyclic amines) is 2. The van der Waals surface area contributed by atoms with Crippen LogP contribution in [0.15, 0.2) is 18.2 Å². The van der Waals surface area contributed by atoms with Gasteiger partial charge in [-0.25, -0.2) is 9.18 Å². The van der Waals surface area contributed by atoms with Gasteiger partial charge in [-0.1, -0.05) is 11.6 Å². The van der Waals surface area contributed by atoms with E-state index in [0.29, 0.717) is 18.7 Å². The molecule has 3 aliphatic rings. The number of nitrogens with zero attached hydrogens (tertiary/aromatic N) is 2. The average molecular weight is 426 g/mol. The number of hydrogen-bond donors (Lipinski definition) is 2. The minimum atomic E-state index is -2.22. The smallest absolute Gasteiger partial charge is 0.407 e. The van der Waals surface area contributed by atoms with Crippen LogP contribution in [0.2, 0.25) is 5.02 Å². The number of hydrogen-bond acceptors (Lipinski definition) is 5. The molecular weight excluding hydrogens is 405 g/mol. The van der Waals surface area contributed by atoms with Crippen LogP contribution < -0.4 is 5.32 Å². The van der Waals surface area contributed by atoms with E-state index >= 15 is 0 Å². The van der Waals surface area contributed by atoms with E-state index in [2.05, 4.69) is 5.32 Å². The first-order chi connectivity index (χ1) is 13.7. The van der Waals surface area contributed by atoms with Gasteiger partial charge in [-0.05, 0) is 23.8 Å². The summed E-state index contributed by atoms with van der Waals surface area (Å²) in [5, 5.41) is 13.1. The van der Waals surface area contributed by atoms with E-state index in [9.17, 15) is 23.9 Å². The Bertz CT molecular complexity index is 851. The van der Waals surface area contributed by atoms with E-state index in [4.69, 9.17) is 16.3 Å². The van der Waals surface area contributed by atoms with Crippen molar-refractivity contribution < 1.29 is 28.6 Å². The first kappa shape index (κ1) is 19.9. The lowest BCUT2D eigenvalue weighted by Crippen LogP contribution is -2.47. The quantitative estimate of drug-likeness (QED) is 0.704. The number of amides is 3. The first-order valence-corrected chi connectivity index (χ1v) is 9.76. The summed E-state index contributed by atoms with van der Waals surface area (Å²) in [5.74, 6) is -2.98. The maximum atomic E-state index is 13.3. The van der Waals surface area contributed by atoms with Crippen molar-refractivity contribution in [2.24, 2.45) is 11.8 Å². The molecule has 3 fully saturated rings. The zero-order chi connectivity index (χ0) is 20.9. The molecule has 2 N–H and O–H groups in total. The lowest BCUT2D eigenvalue weighted by atomic mass is 10.2. The summed E-state index contributed by atoms with van der Waals surface area (Å²) >= 11 is 5.77. The molecule has 2 saturated heterocycles. The molecule has 4 atom stereocenters. The first-order valence-electron chi connectivity index (χ1n) is 9.39. The highest BCUT2D eigenvalue weighted by Gasteiger charge is 2.64. The van der Waals surface area contributed by atoms with Crippen molar-refractivity contribution in [3.05, 3.63) is 34.6 Å². The summed E-state index contributed by atoms with van der Waals surface area (Å²) in [6.07, 6.45) is -1.01. The Morgan fingerprint density at radius 1 is 1.34 bits per heavy atom. The Morgan fingerprint density at radius 2 is 2.03 bits per heavy atom. The van der Waals surface area contributed by atoms with Gasteiger partial charge in [0.25, 0.3) is 11.7 Å². The van der Waals surface area contributed by atoms with Gasteiger partial charge in [0.2, 0.25) is 5.91 Å². The van der Waals surface area contributed by atoms with Crippen LogP contribution in [0.5, 0.6) is 0 Å². The second-order valence-electron chi connectivity index (χ2n) is 7.80. The minimum Gasteiger partial charge on any atom is -0.407 e. The van der Waals surface area contributed by atoms with Crippen LogP contribution in [0.25, 0.3) is 0 Å². The number of ether oxygens (including phenoxy) is 1. The third kappa shape index (κ3) is 3.76. The molecule has 0 aromatic heterocycles. The molecule has 1 aromatic carbocycles. The van der Waals surface area contributed by atoms with Crippen molar-refractivity contribution in [1.29, 1.82) is 0 Å². The van der Waals surface area contributed by atoms with Crippen LogP contribution in [0.1, 0.15) is 18.9 Å². The van der Waals surface area contributed by atoms with Crippen molar-refractivity contribution >= 4 is 29.5 Å². The maximum absolute atomic E-state index is 13.3. The lowest BCUT2D eigenvalue weighted by molar-refractivity contribution is -0.182. The Kier molecular flexibility index (Phi) is 4.90. The monoisotopic (exact) mass is 425 g/mol. The molecular formula is C19H21ClFN3O5. The van der Waals surface area contributed by atoms with E-state index in [-0.39, 0.29) is 48.3 Å². The number of nitrogens with one attached hydrogen (secondary N) is 1. The van der Waals surface area contributed by atoms with Crippen LogP contribution in [0.3, 0.4) is 0 Å². The number of halogens is 2. The van der Waals surface area contributed by atoms with Crippen molar-refractivity contribution in [2.45, 2.75) is 31.7 Å². The third-order valence-corrected chi connectivity index (χ3v) is 6.08. The van der Waals surface area contributed by atoms with Gasteiger partial charge in [-0.3, -0.25) is 9.59 Å². The standard InChI is InChI=1S/C19H21ClFN3O5/c1-10(25)23-8-14-15(9-23)16(14)24-3-2-19(28,17(24)26)29-18(27)22-7-11-4-12(20)6-13(21)5-11/h4-6,14-16,28H,2-3,7-9H2,1H3,(H,22,27)/t14-,15+,16+,19?. The fourth-order valence-corrected chi connectivity index (χ4v) is 4.62. The Hall–Kier alpha value is -2.39. The fourth-order valence-electron chi connectivity index (χ4n) is 4.38. The number of rotatable bonds is 4. The van der Waals surface area contributed by atoms with Gasteiger partial charge in [0, 0.05) is 62.4 Å². The van der Waals surface area contributed by atoms with Crippen molar-refractivity contribution in [3.8, 4) is 0 Å². The predicted molar refractivity (Wildman–Crippen MR) is 99.0 cm³/mol. The van der Waals surface area contributed by atoms with Crippen LogP contribution in [0, 0.1) is 17.7 Å². The van der Waals surface area contributed by atoms with Crippen molar-refractivity contribution in [1.82, 2.24) is 15.1 Å². The molecule has 1 saturated carbocycles. The summed E-state index contributed by atoms with van der Waals surface area (Å²) < 4.78 is 18.3. The SMILES string of the molecule is CC(=O)N1C[C@@H]2[C@H](C1)[C@H]2N1CCC(O)(OC(=O)NCc2cc(F)cc(Cl)c2)C1=O. The van der Waals surface area contributed by atoms with Gasteiger partial charge in [0.1, 0.15) is 5.82 Å². The van der Waals surface area contributed by atoms with Crippen molar-refractivity contribution in [3.63, 3.8) is 0 Å². The zero-order valence-electron chi connectivity index (χ0n) is 15.7. The molecule has 10 heteroatoms. The Morgan fingerprint density at radius 3 is 2.66 bits per heavy atom. The number of carbonyl (C=O) groups is 3. The number of alkyl carbamates (subject to hydrolysis) is 1. The summed E-state index contributed by atoms with van der Waals surface area (Å²) in [5.41, 5.74) is 0.416. The summed E-state index contributed by atoms with van der Waals surface area (Å²) in [6.45, 7) is 2.93. The molecule has 8 nitrogen and oxygen atoms in total. The number of benzene rings is 1. The summed E-state index contributed by atoms with van der Waals surface area (Å²) in [7, 11) is 0. The number of fused-ring (bicyclic) bond motifs is 1.